The topological polar surface area (TPSA) is 98.2 Å². The SMILES string of the molecule is CN(C)CC(=O)N(CCCCCCCCCC/C=C\CCCCCCCC(=O)O)CCCCCCCCCC/C=C\CCCCCCCC(=O)O. The summed E-state index contributed by atoms with van der Waals surface area (Å²) in [4.78, 5) is 38.0. The molecular weight excluding hydrogens is 636 g/mol. The quantitative estimate of drug-likeness (QED) is 0.0483. The molecule has 0 aromatic heterocycles. The third-order valence-electron chi connectivity index (χ3n) is 9.76. The van der Waals surface area contributed by atoms with Crippen LogP contribution in [0.4, 0.5) is 0 Å². The van der Waals surface area contributed by atoms with Crippen molar-refractivity contribution >= 4 is 17.8 Å². The Hall–Kier alpha value is -2.15. The molecule has 7 heteroatoms. The van der Waals surface area contributed by atoms with Crippen LogP contribution in [-0.2, 0) is 14.4 Å². The molecule has 0 aromatic rings. The summed E-state index contributed by atoms with van der Waals surface area (Å²) < 4.78 is 0. The Balaban J connectivity index is 3.70. The Bertz CT molecular complexity index is 798. The summed E-state index contributed by atoms with van der Waals surface area (Å²) in [5.74, 6) is -1.07. The standard InChI is InChI=1S/C44H82N2O5/c1-45(2)41-42(47)46(39-35-31-27-23-19-15-11-7-3-5-9-13-17-21-25-29-33-37-43(48)49)40-36-32-28-24-20-16-12-8-4-6-10-14-18-22-26-30-34-38-44(50)51/h5-6,9-10H,3-4,7-8,11-41H2,1-2H3,(H,48,49)(H,50,51)/b9-5-,10-6-. The molecule has 0 bridgehead atoms. The number of amides is 1. The molecule has 298 valence electrons. The van der Waals surface area contributed by atoms with Crippen molar-refractivity contribution in [2.75, 3.05) is 33.7 Å². The number of hydrogen-bond acceptors (Lipinski definition) is 4. The number of rotatable bonds is 40. The molecule has 51 heavy (non-hydrogen) atoms. The van der Waals surface area contributed by atoms with Crippen molar-refractivity contribution in [2.45, 2.75) is 205 Å². The number of hydrogen-bond donors (Lipinski definition) is 2. The Morgan fingerprint density at radius 2 is 0.647 bits per heavy atom. The van der Waals surface area contributed by atoms with Gasteiger partial charge in [0.05, 0.1) is 6.54 Å². The summed E-state index contributed by atoms with van der Waals surface area (Å²) in [6.07, 6.45) is 45.9. The van der Waals surface area contributed by atoms with E-state index in [4.69, 9.17) is 10.2 Å². The number of likely N-dealkylation sites (N-methyl/N-ethyl adjacent to an activating group) is 1. The highest BCUT2D eigenvalue weighted by Gasteiger charge is 2.13. The zero-order chi connectivity index (χ0) is 37.5. The Labute approximate surface area is 315 Å². The van der Waals surface area contributed by atoms with Crippen molar-refractivity contribution in [2.24, 2.45) is 0 Å². The molecule has 0 aromatic carbocycles. The minimum Gasteiger partial charge on any atom is -0.481 e. The molecule has 0 atom stereocenters. The third kappa shape index (κ3) is 40.5. The predicted molar refractivity (Wildman–Crippen MR) is 216 cm³/mol. The van der Waals surface area contributed by atoms with E-state index in [-0.39, 0.29) is 5.91 Å². The van der Waals surface area contributed by atoms with Crippen LogP contribution in [0.2, 0.25) is 0 Å². The summed E-state index contributed by atoms with van der Waals surface area (Å²) in [6, 6.07) is 0. The first kappa shape index (κ1) is 48.9. The second-order valence-electron chi connectivity index (χ2n) is 15.2. The lowest BCUT2D eigenvalue weighted by Crippen LogP contribution is -2.39. The molecule has 0 unspecified atom stereocenters. The molecule has 0 spiro atoms. The Morgan fingerprint density at radius 1 is 0.392 bits per heavy atom. The summed E-state index contributed by atoms with van der Waals surface area (Å²) >= 11 is 0. The second-order valence-corrected chi connectivity index (χ2v) is 15.2. The number of allylic oxidation sites excluding steroid dienone is 4. The number of carboxylic acid groups (broad SMARTS) is 2. The van der Waals surface area contributed by atoms with E-state index in [9.17, 15) is 14.4 Å². The number of carboxylic acids is 2. The van der Waals surface area contributed by atoms with Gasteiger partial charge in [0.1, 0.15) is 0 Å². The fourth-order valence-electron chi connectivity index (χ4n) is 6.59. The van der Waals surface area contributed by atoms with Crippen LogP contribution in [0.15, 0.2) is 24.3 Å². The number of carbonyl (C=O) groups excluding carboxylic acids is 1. The van der Waals surface area contributed by atoms with Gasteiger partial charge in [0, 0.05) is 25.9 Å². The molecule has 0 aliphatic carbocycles. The molecule has 0 aliphatic heterocycles. The van der Waals surface area contributed by atoms with Crippen molar-refractivity contribution in [3.8, 4) is 0 Å². The van der Waals surface area contributed by atoms with Gasteiger partial charge in [-0.1, -0.05) is 140 Å². The van der Waals surface area contributed by atoms with Crippen LogP contribution < -0.4 is 0 Å². The van der Waals surface area contributed by atoms with Gasteiger partial charge >= 0.3 is 11.9 Å². The summed E-state index contributed by atoms with van der Waals surface area (Å²) in [6.45, 7) is 2.33. The molecule has 0 rings (SSSR count). The van der Waals surface area contributed by atoms with Gasteiger partial charge in [0.25, 0.3) is 0 Å². The van der Waals surface area contributed by atoms with Gasteiger partial charge in [0.15, 0.2) is 0 Å². The van der Waals surface area contributed by atoms with Crippen LogP contribution in [0.3, 0.4) is 0 Å². The van der Waals surface area contributed by atoms with E-state index < -0.39 is 11.9 Å². The van der Waals surface area contributed by atoms with E-state index in [1.807, 2.05) is 19.0 Å². The number of nitrogens with zero attached hydrogens (tertiary/aromatic N) is 2. The zero-order valence-electron chi connectivity index (χ0n) is 33.6. The fraction of sp³-hybridized carbons (Fsp3) is 0.841. The number of carbonyl (C=O) groups is 3. The molecule has 0 fully saturated rings. The molecule has 0 saturated carbocycles. The van der Waals surface area contributed by atoms with Crippen molar-refractivity contribution in [1.82, 2.24) is 9.80 Å². The van der Waals surface area contributed by atoms with Crippen molar-refractivity contribution in [1.29, 1.82) is 0 Å². The lowest BCUT2D eigenvalue weighted by atomic mass is 10.1. The third-order valence-corrected chi connectivity index (χ3v) is 9.76. The van der Waals surface area contributed by atoms with Gasteiger partial charge in [-0.05, 0) is 91.1 Å². The number of aliphatic carboxylic acids is 2. The van der Waals surface area contributed by atoms with Gasteiger partial charge < -0.3 is 20.0 Å². The first-order valence-corrected chi connectivity index (χ1v) is 21.5. The van der Waals surface area contributed by atoms with Gasteiger partial charge in [-0.25, -0.2) is 0 Å². The molecule has 0 aliphatic rings. The van der Waals surface area contributed by atoms with Crippen LogP contribution in [-0.4, -0.2) is 71.6 Å². The molecule has 7 nitrogen and oxygen atoms in total. The largest absolute Gasteiger partial charge is 0.481 e. The highest BCUT2D eigenvalue weighted by atomic mass is 16.4. The molecule has 0 radical (unpaired) electrons. The zero-order valence-corrected chi connectivity index (χ0v) is 33.6. The van der Waals surface area contributed by atoms with E-state index in [0.717, 1.165) is 77.3 Å². The monoisotopic (exact) mass is 719 g/mol. The van der Waals surface area contributed by atoms with E-state index >= 15 is 0 Å². The summed E-state index contributed by atoms with van der Waals surface area (Å²) in [7, 11) is 3.97. The van der Waals surface area contributed by atoms with Gasteiger partial charge in [-0.15, -0.1) is 0 Å². The van der Waals surface area contributed by atoms with E-state index in [1.165, 1.54) is 128 Å². The normalized spacial score (nSPS) is 11.7. The number of unbranched alkanes of at least 4 members (excludes halogenated alkanes) is 26. The van der Waals surface area contributed by atoms with Gasteiger partial charge in [0.2, 0.25) is 5.91 Å². The summed E-state index contributed by atoms with van der Waals surface area (Å²) in [5, 5.41) is 17.3. The van der Waals surface area contributed by atoms with Crippen LogP contribution in [0.1, 0.15) is 205 Å². The lowest BCUT2D eigenvalue weighted by molar-refractivity contribution is -0.138. The lowest BCUT2D eigenvalue weighted by Gasteiger charge is -2.24. The fourth-order valence-corrected chi connectivity index (χ4v) is 6.59. The van der Waals surface area contributed by atoms with Crippen LogP contribution in [0, 0.1) is 0 Å². The van der Waals surface area contributed by atoms with Gasteiger partial charge in [-0.2, -0.15) is 0 Å². The minimum atomic E-state index is -0.677. The predicted octanol–water partition coefficient (Wildman–Crippen LogP) is 12.1. The van der Waals surface area contributed by atoms with Gasteiger partial charge in [-0.3, -0.25) is 14.4 Å². The molecule has 0 saturated heterocycles. The average Bonchev–Trinajstić information content (AvgIpc) is 3.08. The van der Waals surface area contributed by atoms with Crippen LogP contribution in [0.5, 0.6) is 0 Å². The van der Waals surface area contributed by atoms with E-state index in [1.54, 1.807) is 0 Å². The first-order valence-electron chi connectivity index (χ1n) is 21.5. The Morgan fingerprint density at radius 3 is 0.922 bits per heavy atom. The maximum Gasteiger partial charge on any atom is 0.303 e. The van der Waals surface area contributed by atoms with Crippen molar-refractivity contribution < 1.29 is 24.6 Å². The summed E-state index contributed by atoms with van der Waals surface area (Å²) in [5.41, 5.74) is 0. The van der Waals surface area contributed by atoms with Crippen molar-refractivity contribution in [3.05, 3.63) is 24.3 Å². The van der Waals surface area contributed by atoms with E-state index in [2.05, 4.69) is 29.2 Å². The smallest absolute Gasteiger partial charge is 0.303 e. The van der Waals surface area contributed by atoms with E-state index in [0.29, 0.717) is 19.4 Å². The second kappa shape index (κ2) is 39.1. The minimum absolute atomic E-state index is 0.282. The molecular formula is C44H82N2O5. The van der Waals surface area contributed by atoms with Crippen molar-refractivity contribution in [3.63, 3.8) is 0 Å². The van der Waals surface area contributed by atoms with Crippen LogP contribution >= 0.6 is 0 Å². The first-order chi connectivity index (χ1) is 24.8. The van der Waals surface area contributed by atoms with Crippen LogP contribution in [0.25, 0.3) is 0 Å². The Kier molecular flexibility index (Phi) is 37.4. The average molecular weight is 719 g/mol. The molecule has 1 amide bonds. The maximum atomic E-state index is 12.9. The maximum absolute atomic E-state index is 12.9. The molecule has 2 N–H and O–H groups in total. The highest BCUT2D eigenvalue weighted by Crippen LogP contribution is 2.14. The highest BCUT2D eigenvalue weighted by molar-refractivity contribution is 5.78. The molecule has 0 heterocycles.